The molecule has 4 nitrogen and oxygen atoms in total. The van der Waals surface area contributed by atoms with Gasteiger partial charge in [-0.25, -0.2) is 0 Å². The Morgan fingerprint density at radius 1 is 1.30 bits per heavy atom. The number of aromatic amines is 1. The number of aryl methyl sites for hydroxylation is 1. The van der Waals surface area contributed by atoms with E-state index in [2.05, 4.69) is 16.4 Å². The fourth-order valence-corrected chi connectivity index (χ4v) is 2.73. The zero-order chi connectivity index (χ0) is 13.9. The second kappa shape index (κ2) is 5.22. The average molecular weight is 265 g/mol. The number of fused-ring (bicyclic) bond motifs is 1. The zero-order valence-corrected chi connectivity index (χ0v) is 11.0. The van der Waals surface area contributed by atoms with Crippen LogP contribution in [0, 0.1) is 11.3 Å². The van der Waals surface area contributed by atoms with Crippen molar-refractivity contribution in [2.45, 2.75) is 25.3 Å². The lowest BCUT2D eigenvalue weighted by atomic mass is 9.91. The Hall–Kier alpha value is -2.54. The molecule has 2 N–H and O–H groups in total. The quantitative estimate of drug-likeness (QED) is 0.877. The third kappa shape index (κ3) is 2.43. The molecule has 1 heterocycles. The monoisotopic (exact) mass is 265 g/mol. The fraction of sp³-hybridized carbons (Fsp3) is 0.250. The predicted molar refractivity (Wildman–Crippen MR) is 77.5 cm³/mol. The number of nitriles is 1. The number of nitrogens with one attached hydrogen (secondary N) is 2. The average Bonchev–Trinajstić information content (AvgIpc) is 2.47. The standard InChI is InChI=1S/C16H15N3O/c17-10-11-3-1-4-12(9-11)18-14-5-2-6-15-13(14)7-8-16(20)19-15/h1,3-4,7-9,14,18H,2,5-6H2,(H,19,20). The molecule has 0 fully saturated rings. The van der Waals surface area contributed by atoms with Crippen LogP contribution < -0.4 is 10.9 Å². The van der Waals surface area contributed by atoms with Gasteiger partial charge < -0.3 is 10.3 Å². The van der Waals surface area contributed by atoms with Gasteiger partial charge in [0.2, 0.25) is 5.56 Å². The Labute approximate surface area is 117 Å². The molecule has 0 aliphatic heterocycles. The summed E-state index contributed by atoms with van der Waals surface area (Å²) in [5.41, 5.74) is 3.72. The summed E-state index contributed by atoms with van der Waals surface area (Å²) >= 11 is 0. The van der Waals surface area contributed by atoms with Gasteiger partial charge in [0.1, 0.15) is 0 Å². The van der Waals surface area contributed by atoms with E-state index in [1.807, 2.05) is 24.3 Å². The first kappa shape index (κ1) is 12.5. The lowest BCUT2D eigenvalue weighted by molar-refractivity contribution is 0.587. The second-order valence-corrected chi connectivity index (χ2v) is 5.04. The Morgan fingerprint density at radius 3 is 3.05 bits per heavy atom. The molecule has 3 rings (SSSR count). The Kier molecular flexibility index (Phi) is 3.26. The highest BCUT2D eigenvalue weighted by atomic mass is 16.1. The van der Waals surface area contributed by atoms with E-state index in [1.54, 1.807) is 12.1 Å². The van der Waals surface area contributed by atoms with Crippen LogP contribution in [0.1, 0.15) is 35.7 Å². The van der Waals surface area contributed by atoms with Crippen LogP contribution in [0.15, 0.2) is 41.2 Å². The molecular weight excluding hydrogens is 250 g/mol. The van der Waals surface area contributed by atoms with Gasteiger partial charge in [-0.05, 0) is 49.1 Å². The number of H-pyrrole nitrogens is 1. The molecule has 0 amide bonds. The number of hydrogen-bond donors (Lipinski definition) is 2. The third-order valence-electron chi connectivity index (χ3n) is 3.66. The maximum atomic E-state index is 11.4. The van der Waals surface area contributed by atoms with Crippen LogP contribution in [0.4, 0.5) is 5.69 Å². The molecule has 2 aromatic rings. The van der Waals surface area contributed by atoms with Crippen molar-refractivity contribution in [2.24, 2.45) is 0 Å². The summed E-state index contributed by atoms with van der Waals surface area (Å²) in [4.78, 5) is 14.3. The van der Waals surface area contributed by atoms with Crippen molar-refractivity contribution in [3.63, 3.8) is 0 Å². The minimum Gasteiger partial charge on any atom is -0.378 e. The van der Waals surface area contributed by atoms with Crippen molar-refractivity contribution in [3.8, 4) is 6.07 Å². The molecule has 0 bridgehead atoms. The molecule has 1 unspecified atom stereocenters. The number of benzene rings is 1. The zero-order valence-electron chi connectivity index (χ0n) is 11.0. The van der Waals surface area contributed by atoms with Crippen molar-refractivity contribution in [1.82, 2.24) is 4.98 Å². The van der Waals surface area contributed by atoms with E-state index in [0.717, 1.165) is 36.2 Å². The largest absolute Gasteiger partial charge is 0.378 e. The highest BCUT2D eigenvalue weighted by Crippen LogP contribution is 2.30. The molecule has 1 aromatic carbocycles. The summed E-state index contributed by atoms with van der Waals surface area (Å²) in [6.07, 6.45) is 2.99. The first-order chi connectivity index (χ1) is 9.76. The van der Waals surface area contributed by atoms with Gasteiger partial charge in [0.05, 0.1) is 17.7 Å². The van der Waals surface area contributed by atoms with Gasteiger partial charge in [0, 0.05) is 17.4 Å². The van der Waals surface area contributed by atoms with Crippen LogP contribution in [0.3, 0.4) is 0 Å². The van der Waals surface area contributed by atoms with Crippen molar-refractivity contribution >= 4 is 5.69 Å². The molecular formula is C16H15N3O. The normalized spacial score (nSPS) is 17.1. The maximum Gasteiger partial charge on any atom is 0.248 e. The lowest BCUT2D eigenvalue weighted by Crippen LogP contribution is -2.21. The van der Waals surface area contributed by atoms with Crippen LogP contribution in [0.2, 0.25) is 0 Å². The van der Waals surface area contributed by atoms with Gasteiger partial charge >= 0.3 is 0 Å². The van der Waals surface area contributed by atoms with Gasteiger partial charge in [-0.1, -0.05) is 6.07 Å². The number of aromatic nitrogens is 1. The summed E-state index contributed by atoms with van der Waals surface area (Å²) in [5, 5.41) is 12.4. The van der Waals surface area contributed by atoms with Gasteiger partial charge in [-0.15, -0.1) is 0 Å². The SMILES string of the molecule is N#Cc1cccc(NC2CCCc3[nH]c(=O)ccc32)c1. The van der Waals surface area contributed by atoms with Gasteiger partial charge in [0.25, 0.3) is 0 Å². The molecule has 0 radical (unpaired) electrons. The molecule has 4 heteroatoms. The number of pyridine rings is 1. The molecule has 1 aliphatic rings. The van der Waals surface area contributed by atoms with Crippen LogP contribution in [-0.2, 0) is 6.42 Å². The maximum absolute atomic E-state index is 11.4. The van der Waals surface area contributed by atoms with E-state index in [-0.39, 0.29) is 11.6 Å². The molecule has 1 aromatic heterocycles. The topological polar surface area (TPSA) is 68.7 Å². The Morgan fingerprint density at radius 2 is 2.20 bits per heavy atom. The number of hydrogen-bond acceptors (Lipinski definition) is 3. The van der Waals surface area contributed by atoms with Crippen LogP contribution >= 0.6 is 0 Å². The molecule has 20 heavy (non-hydrogen) atoms. The number of nitrogens with zero attached hydrogens (tertiary/aromatic N) is 1. The van der Waals surface area contributed by atoms with Crippen LogP contribution in [0.25, 0.3) is 0 Å². The smallest absolute Gasteiger partial charge is 0.248 e. The highest BCUT2D eigenvalue weighted by Gasteiger charge is 2.20. The molecule has 0 saturated carbocycles. The van der Waals surface area contributed by atoms with Crippen LogP contribution in [0.5, 0.6) is 0 Å². The van der Waals surface area contributed by atoms with Gasteiger partial charge in [0.15, 0.2) is 0 Å². The van der Waals surface area contributed by atoms with Crippen molar-refractivity contribution < 1.29 is 0 Å². The van der Waals surface area contributed by atoms with E-state index in [4.69, 9.17) is 5.26 Å². The van der Waals surface area contributed by atoms with Gasteiger partial charge in [-0.2, -0.15) is 5.26 Å². The molecule has 1 atom stereocenters. The van der Waals surface area contributed by atoms with E-state index in [0.29, 0.717) is 5.56 Å². The minimum atomic E-state index is -0.0455. The van der Waals surface area contributed by atoms with E-state index in [1.165, 1.54) is 0 Å². The van der Waals surface area contributed by atoms with E-state index < -0.39 is 0 Å². The molecule has 1 aliphatic carbocycles. The summed E-state index contributed by atoms with van der Waals surface area (Å²) in [6, 6.07) is 13.3. The van der Waals surface area contributed by atoms with Crippen molar-refractivity contribution in [3.05, 3.63) is 63.6 Å². The summed E-state index contributed by atoms with van der Waals surface area (Å²) < 4.78 is 0. The molecule has 0 saturated heterocycles. The Bertz CT molecular complexity index is 727. The minimum absolute atomic E-state index is 0.0455. The summed E-state index contributed by atoms with van der Waals surface area (Å²) in [6.45, 7) is 0. The van der Waals surface area contributed by atoms with Gasteiger partial charge in [-0.3, -0.25) is 4.79 Å². The first-order valence-electron chi connectivity index (χ1n) is 6.75. The third-order valence-corrected chi connectivity index (χ3v) is 3.66. The highest BCUT2D eigenvalue weighted by molar-refractivity contribution is 5.51. The van der Waals surface area contributed by atoms with E-state index in [9.17, 15) is 4.79 Å². The lowest BCUT2D eigenvalue weighted by Gasteiger charge is -2.26. The van der Waals surface area contributed by atoms with Crippen LogP contribution in [-0.4, -0.2) is 4.98 Å². The molecule has 0 spiro atoms. The van der Waals surface area contributed by atoms with E-state index >= 15 is 0 Å². The second-order valence-electron chi connectivity index (χ2n) is 5.04. The summed E-state index contributed by atoms with van der Waals surface area (Å²) in [5.74, 6) is 0. The first-order valence-corrected chi connectivity index (χ1v) is 6.75. The Balaban J connectivity index is 1.89. The van der Waals surface area contributed by atoms with Crippen molar-refractivity contribution in [2.75, 3.05) is 5.32 Å². The van der Waals surface area contributed by atoms with Crippen molar-refractivity contribution in [1.29, 1.82) is 5.26 Å². The summed E-state index contributed by atoms with van der Waals surface area (Å²) in [7, 11) is 0. The predicted octanol–water partition coefficient (Wildman–Crippen LogP) is 2.74. The number of anilines is 1. The molecule has 100 valence electrons. The fourth-order valence-electron chi connectivity index (χ4n) is 2.73. The number of rotatable bonds is 2.